The van der Waals surface area contributed by atoms with Crippen LogP contribution in [0.25, 0.3) is 11.6 Å². The average Bonchev–Trinajstić information content (AvgIpc) is 3.35. The minimum atomic E-state index is -3.24. The number of benzene rings is 5. The summed E-state index contributed by atoms with van der Waals surface area (Å²) in [5.74, 6) is 0. The monoisotopic (exact) mass is 568 g/mol. The molecule has 0 bridgehead atoms. The fourth-order valence-electron chi connectivity index (χ4n) is 6.48. The minimum absolute atomic E-state index is 0.476. The van der Waals surface area contributed by atoms with Crippen LogP contribution in [0.3, 0.4) is 0 Å². The number of rotatable bonds is 8. The molecule has 0 N–H and O–H groups in total. The van der Waals surface area contributed by atoms with Gasteiger partial charge in [-0.05, 0) is 0 Å². The van der Waals surface area contributed by atoms with Gasteiger partial charge in [-0.15, -0.1) is 0 Å². The second-order valence-corrected chi connectivity index (χ2v) is 21.6. The van der Waals surface area contributed by atoms with Crippen LogP contribution in [0.15, 0.2) is 140 Å². The van der Waals surface area contributed by atoms with Crippen molar-refractivity contribution in [1.29, 1.82) is 0 Å². The molecule has 1 atom stereocenters. The molecular weight excluding hydrogens is 536 g/mol. The number of hydrogen-bond acceptors (Lipinski definition) is 0. The van der Waals surface area contributed by atoms with Gasteiger partial charge in [0.1, 0.15) is 0 Å². The fraction of sp³-hybridized carbons (Fsp3) is 0.135. The Morgan fingerprint density at radius 2 is 0.947 bits per heavy atom. The Balaban J connectivity index is 1.58. The first-order valence-electron chi connectivity index (χ1n) is 13.7. The van der Waals surface area contributed by atoms with Crippen LogP contribution in [0.1, 0.15) is 42.6 Å². The second kappa shape index (κ2) is 11.2. The van der Waals surface area contributed by atoms with E-state index in [0.29, 0.717) is 3.63 Å². The summed E-state index contributed by atoms with van der Waals surface area (Å²) >= 11 is -3.24. The van der Waals surface area contributed by atoms with Crippen molar-refractivity contribution in [2.75, 3.05) is 0 Å². The molecule has 5 aromatic rings. The van der Waals surface area contributed by atoms with Gasteiger partial charge < -0.3 is 0 Å². The molecule has 0 fully saturated rings. The van der Waals surface area contributed by atoms with E-state index >= 15 is 0 Å². The van der Waals surface area contributed by atoms with Crippen LogP contribution < -0.4 is 0 Å². The van der Waals surface area contributed by atoms with E-state index in [1.165, 1.54) is 51.3 Å². The maximum atomic E-state index is 2.51. The van der Waals surface area contributed by atoms with Gasteiger partial charge in [0.25, 0.3) is 0 Å². The predicted molar refractivity (Wildman–Crippen MR) is 159 cm³/mol. The first-order chi connectivity index (χ1) is 18.7. The first-order valence-corrected chi connectivity index (χ1v) is 20.3. The van der Waals surface area contributed by atoms with E-state index in [1.54, 1.807) is 5.56 Å². The first kappa shape index (κ1) is 25.0. The summed E-state index contributed by atoms with van der Waals surface area (Å²) < 4.78 is 4.11. The topological polar surface area (TPSA) is 0 Å². The molecule has 1 heteroatoms. The van der Waals surface area contributed by atoms with Crippen LogP contribution in [-0.4, -0.2) is 0 Å². The van der Waals surface area contributed by atoms with Crippen molar-refractivity contribution in [2.45, 2.75) is 22.9 Å². The number of fused-ring (bicyclic) bond motifs is 1. The average molecular weight is 570 g/mol. The molecule has 0 nitrogen and oxygen atoms in total. The zero-order valence-corrected chi connectivity index (χ0v) is 24.5. The summed E-state index contributed by atoms with van der Waals surface area (Å²) in [6.45, 7) is 2.18. The molecule has 0 saturated heterocycles. The molecule has 5 aromatic carbocycles. The number of allylic oxidation sites excluding steroid dienone is 1. The van der Waals surface area contributed by atoms with Gasteiger partial charge in [0.2, 0.25) is 0 Å². The third kappa shape index (κ3) is 5.31. The third-order valence-electron chi connectivity index (χ3n) is 8.12. The predicted octanol–water partition coefficient (Wildman–Crippen LogP) is 9.34. The molecule has 0 amide bonds. The Labute approximate surface area is 232 Å². The molecule has 1 unspecified atom stereocenters. The molecule has 0 heterocycles. The Morgan fingerprint density at radius 1 is 0.500 bits per heavy atom. The van der Waals surface area contributed by atoms with Crippen molar-refractivity contribution in [3.8, 4) is 0 Å². The zero-order chi connectivity index (χ0) is 25.8. The van der Waals surface area contributed by atoms with Gasteiger partial charge in [-0.2, -0.15) is 0 Å². The van der Waals surface area contributed by atoms with Crippen LogP contribution in [-0.2, 0) is 32.7 Å². The molecule has 6 rings (SSSR count). The molecular formula is C37H34Zr. The summed E-state index contributed by atoms with van der Waals surface area (Å²) in [5.41, 5.74) is 11.6. The summed E-state index contributed by atoms with van der Waals surface area (Å²) in [5, 5.41) is 0. The van der Waals surface area contributed by atoms with Crippen LogP contribution in [0, 0.1) is 6.92 Å². The van der Waals surface area contributed by atoms with Gasteiger partial charge in [-0.3, -0.25) is 0 Å². The molecule has 1 aliphatic carbocycles. The Hall–Kier alpha value is -3.28. The standard InChI is InChI=1S/C16H13.3C7H7.Zr/c1-12-6-8-13(9-7-12)16-10-14-4-2-3-5-15(14)11-16;3*1-7-5-3-2-4-6-7;/h2-11H,1H3;3*2-6H,1H2;. The molecule has 186 valence electrons. The van der Waals surface area contributed by atoms with Crippen molar-refractivity contribution >= 4 is 11.6 Å². The van der Waals surface area contributed by atoms with E-state index in [2.05, 4.69) is 153 Å². The van der Waals surface area contributed by atoms with E-state index in [0.717, 1.165) is 0 Å². The number of hydrogen-bond donors (Lipinski definition) is 0. The van der Waals surface area contributed by atoms with Crippen LogP contribution in [0.2, 0.25) is 0 Å². The molecule has 1 aliphatic rings. The van der Waals surface area contributed by atoms with Crippen LogP contribution >= 0.6 is 0 Å². The van der Waals surface area contributed by atoms with E-state index < -0.39 is 20.3 Å². The van der Waals surface area contributed by atoms with Crippen molar-refractivity contribution in [2.24, 2.45) is 0 Å². The van der Waals surface area contributed by atoms with E-state index in [1.807, 2.05) is 0 Å². The fourth-order valence-corrected chi connectivity index (χ4v) is 21.1. The van der Waals surface area contributed by atoms with Crippen molar-refractivity contribution in [1.82, 2.24) is 0 Å². The molecule has 0 radical (unpaired) electrons. The van der Waals surface area contributed by atoms with Gasteiger partial charge in [0.15, 0.2) is 0 Å². The van der Waals surface area contributed by atoms with Gasteiger partial charge >= 0.3 is 233 Å². The summed E-state index contributed by atoms with van der Waals surface area (Å²) in [7, 11) is 0. The van der Waals surface area contributed by atoms with E-state index in [4.69, 9.17) is 0 Å². The molecule has 0 saturated carbocycles. The Kier molecular flexibility index (Phi) is 7.39. The molecule has 38 heavy (non-hydrogen) atoms. The molecule has 0 aromatic heterocycles. The van der Waals surface area contributed by atoms with Crippen molar-refractivity contribution in [3.63, 3.8) is 0 Å². The quantitative estimate of drug-likeness (QED) is 0.175. The van der Waals surface area contributed by atoms with Gasteiger partial charge in [0.05, 0.1) is 0 Å². The summed E-state index contributed by atoms with van der Waals surface area (Å²) in [4.78, 5) is 0. The van der Waals surface area contributed by atoms with Crippen LogP contribution in [0.5, 0.6) is 0 Å². The number of aryl methyl sites for hydroxylation is 1. The SMILES string of the molecule is Cc1ccc(C2=Cc3ccccc3[CH]2[Zr]([CH2]c2ccccc2)([CH2]c2ccccc2)[CH2]c2ccccc2)cc1. The third-order valence-corrected chi connectivity index (χ3v) is 20.9. The van der Waals surface area contributed by atoms with Crippen molar-refractivity contribution in [3.05, 3.63) is 178 Å². The van der Waals surface area contributed by atoms with Crippen LogP contribution in [0.4, 0.5) is 0 Å². The normalized spacial score (nSPS) is 14.7. The Bertz CT molecular complexity index is 1420. The van der Waals surface area contributed by atoms with Gasteiger partial charge in [-0.1, -0.05) is 0 Å². The van der Waals surface area contributed by atoms with Gasteiger partial charge in [0, 0.05) is 0 Å². The molecule has 0 spiro atoms. The van der Waals surface area contributed by atoms with E-state index in [9.17, 15) is 0 Å². The van der Waals surface area contributed by atoms with Gasteiger partial charge in [-0.25, -0.2) is 0 Å². The van der Waals surface area contributed by atoms with E-state index in [-0.39, 0.29) is 0 Å². The van der Waals surface area contributed by atoms with Crippen molar-refractivity contribution < 1.29 is 20.3 Å². The zero-order valence-electron chi connectivity index (χ0n) is 22.1. The second-order valence-electron chi connectivity index (χ2n) is 10.9. The summed E-state index contributed by atoms with van der Waals surface area (Å²) in [6, 6.07) is 52.4. The Morgan fingerprint density at radius 3 is 1.45 bits per heavy atom. The maximum absolute atomic E-state index is 3.24. The summed E-state index contributed by atoms with van der Waals surface area (Å²) in [6.07, 6.45) is 2.51. The molecule has 0 aliphatic heterocycles.